The lowest BCUT2D eigenvalue weighted by molar-refractivity contribution is -0.157. The minimum absolute atomic E-state index is 0.0365. The first-order valence-corrected chi connectivity index (χ1v) is 9.86. The third-order valence-corrected chi connectivity index (χ3v) is 6.04. The number of fused-ring (bicyclic) bond motifs is 2. The smallest absolute Gasteiger partial charge is 0.333 e. The van der Waals surface area contributed by atoms with Gasteiger partial charge in [-0.25, -0.2) is 4.79 Å². The SMILES string of the molecule is C/C=C(\C)C(=O)O[C@@H]1C[C@H]2C[C@@H](OC(=O)[C@H](CO)c3ccccc3)C[C@@H]1N2C. The van der Waals surface area contributed by atoms with Crippen molar-refractivity contribution < 1.29 is 24.2 Å². The first kappa shape index (κ1) is 20.6. The molecule has 1 aromatic carbocycles. The Morgan fingerprint density at radius 1 is 1.21 bits per heavy atom. The number of allylic oxidation sites excluding steroid dienone is 1. The van der Waals surface area contributed by atoms with Crippen molar-refractivity contribution in [2.75, 3.05) is 13.7 Å². The molecule has 0 unspecified atom stereocenters. The molecule has 0 saturated carbocycles. The summed E-state index contributed by atoms with van der Waals surface area (Å²) < 4.78 is 11.5. The molecule has 2 aliphatic rings. The van der Waals surface area contributed by atoms with Gasteiger partial charge in [-0.2, -0.15) is 0 Å². The van der Waals surface area contributed by atoms with Crippen LogP contribution < -0.4 is 0 Å². The molecule has 152 valence electrons. The summed E-state index contributed by atoms with van der Waals surface area (Å²) in [5.41, 5.74) is 1.35. The third kappa shape index (κ3) is 4.28. The summed E-state index contributed by atoms with van der Waals surface area (Å²) in [4.78, 5) is 27.0. The Morgan fingerprint density at radius 3 is 2.57 bits per heavy atom. The highest BCUT2D eigenvalue weighted by atomic mass is 16.6. The number of benzene rings is 1. The van der Waals surface area contributed by atoms with Crippen LogP contribution in [-0.4, -0.2) is 59.9 Å². The fourth-order valence-electron chi connectivity index (χ4n) is 4.19. The predicted molar refractivity (Wildman–Crippen MR) is 105 cm³/mol. The Labute approximate surface area is 166 Å². The fraction of sp³-hybridized carbons (Fsp3) is 0.545. The third-order valence-electron chi connectivity index (χ3n) is 6.04. The molecular weight excluding hydrogens is 358 g/mol. The topological polar surface area (TPSA) is 76.1 Å². The van der Waals surface area contributed by atoms with Crippen LogP contribution in [0.15, 0.2) is 42.0 Å². The summed E-state index contributed by atoms with van der Waals surface area (Å²) in [5.74, 6) is -1.36. The van der Waals surface area contributed by atoms with Crippen molar-refractivity contribution >= 4 is 11.9 Å². The molecule has 2 saturated heterocycles. The Bertz CT molecular complexity index is 732. The Balaban J connectivity index is 1.63. The summed E-state index contributed by atoms with van der Waals surface area (Å²) in [6.07, 6.45) is 3.41. The van der Waals surface area contributed by atoms with Crippen LogP contribution in [0.2, 0.25) is 0 Å². The van der Waals surface area contributed by atoms with Crippen LogP contribution in [0.5, 0.6) is 0 Å². The molecule has 6 nitrogen and oxygen atoms in total. The van der Waals surface area contributed by atoms with Crippen LogP contribution in [-0.2, 0) is 19.1 Å². The van der Waals surface area contributed by atoms with Crippen LogP contribution in [0.25, 0.3) is 0 Å². The van der Waals surface area contributed by atoms with Gasteiger partial charge in [0.2, 0.25) is 0 Å². The highest BCUT2D eigenvalue weighted by Crippen LogP contribution is 2.38. The largest absolute Gasteiger partial charge is 0.462 e. The van der Waals surface area contributed by atoms with Crippen LogP contribution in [0, 0.1) is 0 Å². The van der Waals surface area contributed by atoms with Crippen molar-refractivity contribution in [1.82, 2.24) is 4.90 Å². The highest BCUT2D eigenvalue weighted by molar-refractivity contribution is 5.87. The molecular formula is C22H29NO5. The lowest BCUT2D eigenvalue weighted by Crippen LogP contribution is -2.46. The molecule has 2 aliphatic heterocycles. The van der Waals surface area contributed by atoms with E-state index in [9.17, 15) is 14.7 Å². The van der Waals surface area contributed by atoms with E-state index in [-0.39, 0.29) is 36.9 Å². The van der Waals surface area contributed by atoms with Gasteiger partial charge in [0, 0.05) is 30.9 Å². The summed E-state index contributed by atoms with van der Waals surface area (Å²) in [6.45, 7) is 3.27. The van der Waals surface area contributed by atoms with Gasteiger partial charge in [0.05, 0.1) is 12.6 Å². The van der Waals surface area contributed by atoms with E-state index in [1.165, 1.54) is 0 Å². The number of hydrogen-bond acceptors (Lipinski definition) is 6. The molecule has 1 aromatic rings. The van der Waals surface area contributed by atoms with Crippen molar-refractivity contribution in [1.29, 1.82) is 0 Å². The van der Waals surface area contributed by atoms with E-state index in [0.717, 1.165) is 12.0 Å². The summed E-state index contributed by atoms with van der Waals surface area (Å²) in [7, 11) is 2.03. The van der Waals surface area contributed by atoms with Crippen LogP contribution >= 0.6 is 0 Å². The summed E-state index contributed by atoms with van der Waals surface area (Å²) >= 11 is 0. The average Bonchev–Trinajstić information content (AvgIpc) is 2.86. The number of aliphatic hydroxyl groups excluding tert-OH is 1. The lowest BCUT2D eigenvalue weighted by Gasteiger charge is -2.36. The van der Waals surface area contributed by atoms with E-state index >= 15 is 0 Å². The number of likely N-dealkylation sites (N-methyl/N-ethyl adjacent to an activating group) is 1. The minimum atomic E-state index is -0.676. The molecule has 2 fully saturated rings. The number of carbonyl (C=O) groups excluding carboxylic acids is 2. The number of aliphatic hydroxyl groups is 1. The van der Waals surface area contributed by atoms with Gasteiger partial charge in [-0.3, -0.25) is 9.69 Å². The van der Waals surface area contributed by atoms with E-state index in [2.05, 4.69) is 4.90 Å². The number of rotatable bonds is 6. The fourth-order valence-corrected chi connectivity index (χ4v) is 4.19. The number of hydrogen-bond donors (Lipinski definition) is 1. The first-order chi connectivity index (χ1) is 13.4. The number of ether oxygens (including phenoxy) is 2. The Morgan fingerprint density at radius 2 is 1.93 bits per heavy atom. The number of esters is 2. The van der Waals surface area contributed by atoms with Crippen LogP contribution in [0.1, 0.15) is 44.6 Å². The van der Waals surface area contributed by atoms with Gasteiger partial charge in [-0.05, 0) is 26.5 Å². The predicted octanol–water partition coefficient (Wildman–Crippen LogP) is 2.42. The maximum absolute atomic E-state index is 12.7. The van der Waals surface area contributed by atoms with Gasteiger partial charge in [-0.1, -0.05) is 36.4 Å². The van der Waals surface area contributed by atoms with Crippen LogP contribution in [0.4, 0.5) is 0 Å². The van der Waals surface area contributed by atoms with Crippen molar-refractivity contribution in [2.24, 2.45) is 0 Å². The van der Waals surface area contributed by atoms with E-state index < -0.39 is 11.9 Å². The number of nitrogens with zero attached hydrogens (tertiary/aromatic N) is 1. The summed E-state index contributed by atoms with van der Waals surface area (Å²) in [5, 5.41) is 9.68. The zero-order valence-corrected chi connectivity index (χ0v) is 16.7. The zero-order valence-electron chi connectivity index (χ0n) is 16.7. The van der Waals surface area contributed by atoms with Gasteiger partial charge in [0.1, 0.15) is 18.1 Å². The zero-order chi connectivity index (χ0) is 20.3. The molecule has 0 radical (unpaired) electrons. The van der Waals surface area contributed by atoms with E-state index in [0.29, 0.717) is 18.4 Å². The number of carbonyl (C=O) groups is 2. The summed E-state index contributed by atoms with van der Waals surface area (Å²) in [6, 6.07) is 9.44. The molecule has 6 heteroatoms. The Hall–Kier alpha value is -2.18. The van der Waals surface area contributed by atoms with E-state index in [1.807, 2.05) is 44.3 Å². The van der Waals surface area contributed by atoms with E-state index in [4.69, 9.17) is 9.47 Å². The minimum Gasteiger partial charge on any atom is -0.462 e. The molecule has 5 atom stereocenters. The van der Waals surface area contributed by atoms with Gasteiger partial charge in [0.25, 0.3) is 0 Å². The van der Waals surface area contributed by atoms with Crippen molar-refractivity contribution in [2.45, 2.75) is 63.3 Å². The van der Waals surface area contributed by atoms with Gasteiger partial charge in [-0.15, -0.1) is 0 Å². The molecule has 1 N–H and O–H groups in total. The lowest BCUT2D eigenvalue weighted by atomic mass is 9.98. The maximum atomic E-state index is 12.7. The monoisotopic (exact) mass is 387 g/mol. The van der Waals surface area contributed by atoms with Gasteiger partial charge >= 0.3 is 11.9 Å². The quantitative estimate of drug-likeness (QED) is 0.597. The van der Waals surface area contributed by atoms with Crippen molar-refractivity contribution in [3.63, 3.8) is 0 Å². The maximum Gasteiger partial charge on any atom is 0.333 e. The van der Waals surface area contributed by atoms with E-state index in [1.54, 1.807) is 13.0 Å². The molecule has 2 heterocycles. The first-order valence-electron chi connectivity index (χ1n) is 9.86. The van der Waals surface area contributed by atoms with Crippen molar-refractivity contribution in [3.8, 4) is 0 Å². The molecule has 0 amide bonds. The molecule has 3 rings (SSSR count). The molecule has 0 aliphatic carbocycles. The molecule has 0 spiro atoms. The second-order valence-corrected chi connectivity index (χ2v) is 7.71. The molecule has 28 heavy (non-hydrogen) atoms. The highest BCUT2D eigenvalue weighted by Gasteiger charge is 2.48. The molecule has 0 aromatic heterocycles. The standard InChI is InChI=1S/C22H29NO5/c1-4-14(2)21(25)28-20-11-16-10-17(12-19(20)23(16)3)27-22(26)18(13-24)15-8-6-5-7-9-15/h4-9,16-20,24H,10-13H2,1-3H3/b14-4+/t16-,17-,18-,19+,20-/m1/s1. The van der Waals surface area contributed by atoms with Crippen molar-refractivity contribution in [3.05, 3.63) is 47.5 Å². The normalized spacial score (nSPS) is 28.6. The van der Waals surface area contributed by atoms with Crippen LogP contribution in [0.3, 0.4) is 0 Å². The second-order valence-electron chi connectivity index (χ2n) is 7.71. The average molecular weight is 387 g/mol. The van der Waals surface area contributed by atoms with Gasteiger partial charge < -0.3 is 14.6 Å². The number of piperidine rings is 1. The van der Waals surface area contributed by atoms with Gasteiger partial charge in [0.15, 0.2) is 0 Å². The molecule has 2 bridgehead atoms. The Kier molecular flexibility index (Phi) is 6.52. The second kappa shape index (κ2) is 8.88.